The van der Waals surface area contributed by atoms with Gasteiger partial charge in [-0.15, -0.1) is 0 Å². The van der Waals surface area contributed by atoms with Gasteiger partial charge in [0.1, 0.15) is 0 Å². The molecule has 1 N–H and O–H groups in total. The minimum absolute atomic E-state index is 0.0676. The van der Waals surface area contributed by atoms with Crippen molar-refractivity contribution in [1.29, 1.82) is 0 Å². The van der Waals surface area contributed by atoms with Gasteiger partial charge in [0.2, 0.25) is 5.91 Å². The predicted octanol–water partition coefficient (Wildman–Crippen LogP) is 2.63. The average Bonchev–Trinajstić information content (AvgIpc) is 3.26. The first kappa shape index (κ1) is 15.3. The number of hydrogen-bond donors (Lipinski definition) is 1. The van der Waals surface area contributed by atoms with Gasteiger partial charge in [-0.3, -0.25) is 4.79 Å². The van der Waals surface area contributed by atoms with Gasteiger partial charge < -0.3 is 10.2 Å². The van der Waals surface area contributed by atoms with Crippen molar-refractivity contribution in [2.75, 3.05) is 19.6 Å². The first-order valence-corrected chi connectivity index (χ1v) is 7.55. The monoisotopic (exact) mass is 312 g/mol. The zero-order valence-corrected chi connectivity index (χ0v) is 12.4. The first-order valence-electron chi connectivity index (χ1n) is 7.55. The highest BCUT2D eigenvalue weighted by Crippen LogP contribution is 2.48. The molecule has 1 saturated heterocycles. The molecule has 0 unspecified atom stereocenters. The molecule has 6 heteroatoms. The highest BCUT2D eigenvalue weighted by Gasteiger charge is 2.46. The van der Waals surface area contributed by atoms with Gasteiger partial charge in [0, 0.05) is 31.6 Å². The summed E-state index contributed by atoms with van der Waals surface area (Å²) in [5.41, 5.74) is 0.185. The van der Waals surface area contributed by atoms with E-state index in [0.29, 0.717) is 19.1 Å². The molecule has 0 radical (unpaired) electrons. The lowest BCUT2D eigenvalue weighted by atomic mass is 10.1. The summed E-state index contributed by atoms with van der Waals surface area (Å²) < 4.78 is 37.7. The van der Waals surface area contributed by atoms with E-state index in [-0.39, 0.29) is 17.7 Å². The van der Waals surface area contributed by atoms with Crippen LogP contribution in [0.2, 0.25) is 0 Å². The van der Waals surface area contributed by atoms with Crippen molar-refractivity contribution in [2.45, 2.75) is 31.5 Å². The molecule has 1 aromatic carbocycles. The number of halogens is 3. The molecule has 0 aromatic heterocycles. The number of rotatable bonds is 2. The van der Waals surface area contributed by atoms with E-state index >= 15 is 0 Å². The second kappa shape index (κ2) is 5.57. The molecule has 1 aliphatic heterocycles. The van der Waals surface area contributed by atoms with Crippen LogP contribution in [0.5, 0.6) is 0 Å². The van der Waals surface area contributed by atoms with Gasteiger partial charge in [-0.25, -0.2) is 0 Å². The molecular formula is C16H19F3N2O. The lowest BCUT2D eigenvalue weighted by Gasteiger charge is -2.32. The van der Waals surface area contributed by atoms with Gasteiger partial charge in [-0.1, -0.05) is 12.1 Å². The molecule has 120 valence electrons. The fraction of sp³-hybridized carbons (Fsp3) is 0.562. The summed E-state index contributed by atoms with van der Waals surface area (Å²) in [6.45, 7) is 4.25. The Balaban J connectivity index is 1.63. The molecule has 22 heavy (non-hydrogen) atoms. The van der Waals surface area contributed by atoms with Crippen molar-refractivity contribution < 1.29 is 18.0 Å². The number of carbonyl (C=O) groups is 1. The second-order valence-corrected chi connectivity index (χ2v) is 6.21. The van der Waals surface area contributed by atoms with E-state index in [1.165, 1.54) is 12.1 Å². The number of amides is 1. The minimum Gasteiger partial charge on any atom is -0.340 e. The Morgan fingerprint density at radius 3 is 2.55 bits per heavy atom. The number of nitrogens with one attached hydrogen (secondary N) is 1. The molecule has 1 aromatic rings. The van der Waals surface area contributed by atoms with Crippen LogP contribution < -0.4 is 5.32 Å². The van der Waals surface area contributed by atoms with Gasteiger partial charge in [0.15, 0.2) is 0 Å². The van der Waals surface area contributed by atoms with Gasteiger partial charge in [0.25, 0.3) is 0 Å². The molecule has 0 spiro atoms. The highest BCUT2D eigenvalue weighted by atomic mass is 19.4. The molecule has 2 aliphatic rings. The molecule has 1 amide bonds. The third-order valence-corrected chi connectivity index (χ3v) is 4.45. The normalized spacial score (nSPS) is 28.5. The van der Waals surface area contributed by atoms with Gasteiger partial charge >= 0.3 is 6.18 Å². The molecule has 3 rings (SSSR count). The molecule has 1 aliphatic carbocycles. The smallest absolute Gasteiger partial charge is 0.340 e. The van der Waals surface area contributed by atoms with Crippen LogP contribution in [0.25, 0.3) is 0 Å². The Kier molecular flexibility index (Phi) is 3.89. The summed E-state index contributed by atoms with van der Waals surface area (Å²) in [7, 11) is 0. The number of carbonyl (C=O) groups excluding carboxylic acids is 1. The largest absolute Gasteiger partial charge is 0.416 e. The summed E-state index contributed by atoms with van der Waals surface area (Å²) in [5.74, 6) is 0.139. The van der Waals surface area contributed by atoms with Crippen LogP contribution in [-0.4, -0.2) is 36.5 Å². The summed E-state index contributed by atoms with van der Waals surface area (Å²) in [4.78, 5) is 14.3. The van der Waals surface area contributed by atoms with Crippen LogP contribution >= 0.6 is 0 Å². The summed E-state index contributed by atoms with van der Waals surface area (Å²) in [5, 5.41) is 3.29. The topological polar surface area (TPSA) is 32.3 Å². The Bertz CT molecular complexity index is 556. The van der Waals surface area contributed by atoms with E-state index in [4.69, 9.17) is 0 Å². The van der Waals surface area contributed by atoms with Crippen molar-refractivity contribution in [3.8, 4) is 0 Å². The van der Waals surface area contributed by atoms with Crippen molar-refractivity contribution in [2.24, 2.45) is 5.92 Å². The Morgan fingerprint density at radius 1 is 1.27 bits per heavy atom. The zero-order chi connectivity index (χ0) is 15.9. The van der Waals surface area contributed by atoms with E-state index < -0.39 is 11.7 Å². The summed E-state index contributed by atoms with van der Waals surface area (Å²) in [6.07, 6.45) is -3.57. The second-order valence-electron chi connectivity index (χ2n) is 6.21. The molecule has 1 heterocycles. The van der Waals surface area contributed by atoms with Crippen molar-refractivity contribution in [3.05, 3.63) is 35.4 Å². The summed E-state index contributed by atoms with van der Waals surface area (Å²) >= 11 is 0. The lowest BCUT2D eigenvalue weighted by molar-refractivity contribution is -0.137. The van der Waals surface area contributed by atoms with Crippen molar-refractivity contribution >= 4 is 5.91 Å². The number of hydrogen-bond acceptors (Lipinski definition) is 2. The third-order valence-electron chi connectivity index (χ3n) is 4.45. The molecule has 0 bridgehead atoms. The van der Waals surface area contributed by atoms with Crippen LogP contribution in [0.3, 0.4) is 0 Å². The fourth-order valence-electron chi connectivity index (χ4n) is 3.12. The molecule has 1 saturated carbocycles. The maximum Gasteiger partial charge on any atom is 0.416 e. The van der Waals surface area contributed by atoms with Crippen LogP contribution in [-0.2, 0) is 11.0 Å². The van der Waals surface area contributed by atoms with Crippen LogP contribution in [0, 0.1) is 5.92 Å². The van der Waals surface area contributed by atoms with Crippen LogP contribution in [0.4, 0.5) is 13.2 Å². The predicted molar refractivity (Wildman–Crippen MR) is 76.3 cm³/mol. The first-order chi connectivity index (χ1) is 10.4. The average molecular weight is 312 g/mol. The number of benzene rings is 1. The Morgan fingerprint density at radius 2 is 1.95 bits per heavy atom. The van der Waals surface area contributed by atoms with E-state index in [1.54, 1.807) is 0 Å². The van der Waals surface area contributed by atoms with E-state index in [0.717, 1.165) is 30.7 Å². The van der Waals surface area contributed by atoms with Crippen LogP contribution in [0.1, 0.15) is 30.4 Å². The third kappa shape index (κ3) is 3.11. The number of nitrogens with zero attached hydrogens (tertiary/aromatic N) is 1. The highest BCUT2D eigenvalue weighted by molar-refractivity contribution is 5.83. The number of alkyl halides is 3. The number of piperazine rings is 1. The molecular weight excluding hydrogens is 293 g/mol. The Hall–Kier alpha value is -1.56. The zero-order valence-electron chi connectivity index (χ0n) is 12.4. The molecule has 3 nitrogen and oxygen atoms in total. The standard InChI is InChI=1S/C16H19F3N2O/c1-10-9-21(7-6-20-10)15(22)14-8-13(14)11-2-4-12(5-3-11)16(17,18)19/h2-5,10,13-14,20H,6-9H2,1H3/t10-,13-,14+/m1/s1. The fourth-order valence-corrected chi connectivity index (χ4v) is 3.12. The lowest BCUT2D eigenvalue weighted by Crippen LogP contribution is -2.51. The van der Waals surface area contributed by atoms with E-state index in [1.807, 2.05) is 11.8 Å². The van der Waals surface area contributed by atoms with E-state index in [2.05, 4.69) is 5.32 Å². The molecule has 3 atom stereocenters. The minimum atomic E-state index is -4.31. The van der Waals surface area contributed by atoms with Gasteiger partial charge in [0.05, 0.1) is 5.56 Å². The van der Waals surface area contributed by atoms with Gasteiger partial charge in [-0.2, -0.15) is 13.2 Å². The molecule has 2 fully saturated rings. The maximum atomic E-state index is 12.6. The summed E-state index contributed by atoms with van der Waals surface area (Å²) in [6, 6.07) is 5.49. The maximum absolute atomic E-state index is 12.6. The SMILES string of the molecule is C[C@@H]1CN(C(=O)[C@H]2C[C@@H]2c2ccc(C(F)(F)F)cc2)CCN1. The van der Waals surface area contributed by atoms with E-state index in [9.17, 15) is 18.0 Å². The van der Waals surface area contributed by atoms with Crippen molar-refractivity contribution in [3.63, 3.8) is 0 Å². The van der Waals surface area contributed by atoms with Crippen LogP contribution in [0.15, 0.2) is 24.3 Å². The Labute approximate surface area is 127 Å². The quantitative estimate of drug-likeness (QED) is 0.910. The van der Waals surface area contributed by atoms with Gasteiger partial charge in [-0.05, 0) is 37.0 Å². The van der Waals surface area contributed by atoms with Crippen molar-refractivity contribution in [1.82, 2.24) is 10.2 Å².